The van der Waals surface area contributed by atoms with Crippen LogP contribution < -0.4 is 0 Å². The second kappa shape index (κ2) is 6.72. The second-order valence-corrected chi connectivity index (χ2v) is 7.90. The Kier molecular flexibility index (Phi) is 4.15. The van der Waals surface area contributed by atoms with Gasteiger partial charge in [-0.25, -0.2) is 9.78 Å². The Balaban J connectivity index is 1.47. The fraction of sp³-hybridized carbons (Fsp3) is 0.429. The van der Waals surface area contributed by atoms with E-state index >= 15 is 0 Å². The minimum absolute atomic E-state index is 0.0856. The van der Waals surface area contributed by atoms with Crippen LogP contribution in [0.4, 0.5) is 0 Å². The molecular weight excluding hydrogens is 372 g/mol. The molecular formula is C21H22N4O4. The average molecular weight is 394 g/mol. The van der Waals surface area contributed by atoms with Gasteiger partial charge in [-0.15, -0.1) is 0 Å². The molecule has 8 heteroatoms. The fourth-order valence-corrected chi connectivity index (χ4v) is 3.96. The van der Waals surface area contributed by atoms with Crippen molar-refractivity contribution in [1.82, 2.24) is 19.2 Å². The SMILES string of the molecule is CCOC(=O)C1CC1c1cc(C2CC2)cn2cc(Cn3cc(C(=O)O)cn3)nc12. The van der Waals surface area contributed by atoms with Crippen molar-refractivity contribution >= 4 is 17.6 Å². The fourth-order valence-electron chi connectivity index (χ4n) is 3.96. The molecule has 0 amide bonds. The summed E-state index contributed by atoms with van der Waals surface area (Å²) in [5.74, 6) is -0.474. The maximum Gasteiger partial charge on any atom is 0.338 e. The number of hydrogen-bond donors (Lipinski definition) is 1. The lowest BCUT2D eigenvalue weighted by atomic mass is 10.1. The predicted molar refractivity (Wildman–Crippen MR) is 103 cm³/mol. The molecule has 0 saturated heterocycles. The third-order valence-corrected chi connectivity index (χ3v) is 5.68. The Hall–Kier alpha value is -3.16. The molecule has 3 aromatic rings. The smallest absolute Gasteiger partial charge is 0.338 e. The number of fused-ring (bicyclic) bond motifs is 1. The topological polar surface area (TPSA) is 98.7 Å². The first kappa shape index (κ1) is 17.9. The van der Waals surface area contributed by atoms with Gasteiger partial charge in [0, 0.05) is 24.5 Å². The second-order valence-electron chi connectivity index (χ2n) is 7.90. The zero-order valence-electron chi connectivity index (χ0n) is 16.1. The van der Waals surface area contributed by atoms with Crippen LogP contribution in [0.1, 0.15) is 65.2 Å². The lowest BCUT2D eigenvalue weighted by Crippen LogP contribution is -2.07. The summed E-state index contributed by atoms with van der Waals surface area (Å²) in [6.07, 6.45) is 10.1. The largest absolute Gasteiger partial charge is 0.478 e. The van der Waals surface area contributed by atoms with Crippen molar-refractivity contribution in [3.63, 3.8) is 0 Å². The molecule has 0 bridgehead atoms. The summed E-state index contributed by atoms with van der Waals surface area (Å²) in [6.45, 7) is 2.61. The molecule has 3 heterocycles. The molecule has 0 aromatic carbocycles. The van der Waals surface area contributed by atoms with Gasteiger partial charge < -0.3 is 14.2 Å². The quantitative estimate of drug-likeness (QED) is 0.619. The standard InChI is InChI=1S/C21H22N4O4/c1-2-29-21(28)18-6-16(18)17-5-13(12-3-4-12)8-24-10-15(23-19(17)24)11-25-9-14(7-22-25)20(26)27/h5,7-10,12,16,18H,2-4,6,11H2,1H3,(H,26,27). The molecule has 2 fully saturated rings. The van der Waals surface area contributed by atoms with Gasteiger partial charge in [0.05, 0.1) is 36.5 Å². The third kappa shape index (κ3) is 3.39. The first-order chi connectivity index (χ1) is 14.0. The van der Waals surface area contributed by atoms with Gasteiger partial charge in [-0.1, -0.05) is 6.07 Å². The van der Waals surface area contributed by atoms with Crippen molar-refractivity contribution in [2.24, 2.45) is 5.92 Å². The molecule has 1 N–H and O–H groups in total. The Morgan fingerprint density at radius 1 is 1.28 bits per heavy atom. The molecule has 2 aliphatic rings. The Labute approximate surface area is 167 Å². The summed E-state index contributed by atoms with van der Waals surface area (Å²) in [4.78, 5) is 28.0. The van der Waals surface area contributed by atoms with Gasteiger partial charge in [-0.3, -0.25) is 9.48 Å². The first-order valence-electron chi connectivity index (χ1n) is 9.97. The van der Waals surface area contributed by atoms with Crippen LogP contribution in [-0.4, -0.2) is 42.8 Å². The molecule has 29 heavy (non-hydrogen) atoms. The highest BCUT2D eigenvalue weighted by Gasteiger charge is 2.46. The number of nitrogens with zero attached hydrogens (tertiary/aromatic N) is 4. The van der Waals surface area contributed by atoms with Gasteiger partial charge in [-0.2, -0.15) is 5.10 Å². The number of aromatic nitrogens is 4. The summed E-state index contributed by atoms with van der Waals surface area (Å²) in [5.41, 5.74) is 4.20. The van der Waals surface area contributed by atoms with Crippen LogP contribution in [0.15, 0.2) is 30.9 Å². The number of aromatic carboxylic acids is 1. The summed E-state index contributed by atoms with van der Waals surface area (Å²) in [7, 11) is 0. The van der Waals surface area contributed by atoms with E-state index in [9.17, 15) is 9.59 Å². The van der Waals surface area contributed by atoms with Gasteiger partial charge in [0.1, 0.15) is 5.65 Å². The third-order valence-electron chi connectivity index (χ3n) is 5.68. The van der Waals surface area contributed by atoms with Crippen LogP contribution in [-0.2, 0) is 16.1 Å². The molecule has 3 aromatic heterocycles. The molecule has 2 atom stereocenters. The number of carbonyl (C=O) groups excluding carboxylic acids is 1. The van der Waals surface area contributed by atoms with E-state index in [1.54, 1.807) is 4.68 Å². The van der Waals surface area contributed by atoms with Gasteiger partial charge in [0.2, 0.25) is 0 Å². The lowest BCUT2D eigenvalue weighted by Gasteiger charge is -2.07. The number of hydrogen-bond acceptors (Lipinski definition) is 5. The number of carboxylic acid groups (broad SMARTS) is 1. The minimum Gasteiger partial charge on any atom is -0.478 e. The molecule has 0 radical (unpaired) electrons. The number of carboxylic acids is 1. The highest BCUT2D eigenvalue weighted by molar-refractivity contribution is 5.86. The van der Waals surface area contributed by atoms with Crippen molar-refractivity contribution < 1.29 is 19.4 Å². The van der Waals surface area contributed by atoms with E-state index in [0.717, 1.165) is 23.3 Å². The number of carbonyl (C=O) groups is 2. The minimum atomic E-state index is -0.999. The Morgan fingerprint density at radius 2 is 2.10 bits per heavy atom. The van der Waals surface area contributed by atoms with E-state index in [2.05, 4.69) is 17.4 Å². The van der Waals surface area contributed by atoms with Crippen LogP contribution in [0.3, 0.4) is 0 Å². The Bertz CT molecular complexity index is 1110. The van der Waals surface area contributed by atoms with Gasteiger partial charge in [0.25, 0.3) is 0 Å². The molecule has 2 saturated carbocycles. The summed E-state index contributed by atoms with van der Waals surface area (Å²) < 4.78 is 8.82. The van der Waals surface area contributed by atoms with Crippen molar-refractivity contribution in [3.8, 4) is 0 Å². The van der Waals surface area contributed by atoms with Gasteiger partial charge >= 0.3 is 11.9 Å². The zero-order chi connectivity index (χ0) is 20.1. The first-order valence-corrected chi connectivity index (χ1v) is 9.97. The van der Waals surface area contributed by atoms with Crippen molar-refractivity contribution in [2.45, 2.75) is 44.6 Å². The molecule has 150 valence electrons. The molecule has 2 unspecified atom stereocenters. The van der Waals surface area contributed by atoms with Crippen LogP contribution in [0.25, 0.3) is 5.65 Å². The summed E-state index contributed by atoms with van der Waals surface area (Å²) >= 11 is 0. The summed E-state index contributed by atoms with van der Waals surface area (Å²) in [5, 5.41) is 13.2. The predicted octanol–water partition coefficient (Wildman–Crippen LogP) is 2.82. The number of ether oxygens (including phenoxy) is 1. The number of rotatable bonds is 7. The van der Waals surface area contributed by atoms with Crippen LogP contribution >= 0.6 is 0 Å². The molecule has 2 aliphatic carbocycles. The Morgan fingerprint density at radius 3 is 2.79 bits per heavy atom. The average Bonchev–Trinajstić information content (AvgIpc) is 3.60. The number of esters is 1. The molecule has 0 spiro atoms. The normalized spacial score (nSPS) is 20.7. The summed E-state index contributed by atoms with van der Waals surface area (Å²) in [6, 6.07) is 2.21. The monoisotopic (exact) mass is 394 g/mol. The zero-order valence-corrected chi connectivity index (χ0v) is 16.1. The van der Waals surface area contributed by atoms with E-state index in [4.69, 9.17) is 14.8 Å². The van der Waals surface area contributed by atoms with E-state index in [1.165, 1.54) is 30.8 Å². The number of pyridine rings is 1. The van der Waals surface area contributed by atoms with E-state index in [0.29, 0.717) is 19.1 Å². The molecule has 8 nitrogen and oxygen atoms in total. The van der Waals surface area contributed by atoms with E-state index < -0.39 is 5.97 Å². The van der Waals surface area contributed by atoms with Crippen molar-refractivity contribution in [3.05, 3.63) is 53.2 Å². The van der Waals surface area contributed by atoms with Gasteiger partial charge in [0.15, 0.2) is 0 Å². The highest BCUT2D eigenvalue weighted by Crippen LogP contribution is 2.51. The molecule has 5 rings (SSSR count). The maximum atomic E-state index is 12.2. The molecule has 0 aliphatic heterocycles. The van der Waals surface area contributed by atoms with Crippen LogP contribution in [0.2, 0.25) is 0 Å². The van der Waals surface area contributed by atoms with E-state index in [1.807, 2.05) is 17.5 Å². The van der Waals surface area contributed by atoms with Crippen molar-refractivity contribution in [1.29, 1.82) is 0 Å². The lowest BCUT2D eigenvalue weighted by molar-refractivity contribution is -0.144. The van der Waals surface area contributed by atoms with E-state index in [-0.39, 0.29) is 23.4 Å². The maximum absolute atomic E-state index is 12.2. The highest BCUT2D eigenvalue weighted by atomic mass is 16.5. The van der Waals surface area contributed by atoms with Crippen LogP contribution in [0.5, 0.6) is 0 Å². The van der Waals surface area contributed by atoms with Crippen molar-refractivity contribution in [2.75, 3.05) is 6.61 Å². The van der Waals surface area contributed by atoms with Gasteiger partial charge in [-0.05, 0) is 43.2 Å². The number of imidazole rings is 1. The van der Waals surface area contributed by atoms with Crippen LogP contribution in [0, 0.1) is 5.92 Å².